The zero-order valence-corrected chi connectivity index (χ0v) is 7.31. The van der Waals surface area contributed by atoms with E-state index >= 15 is 0 Å². The molecule has 0 atom stereocenters. The Morgan fingerprint density at radius 2 is 2.38 bits per heavy atom. The summed E-state index contributed by atoms with van der Waals surface area (Å²) >= 11 is 1.40. The fourth-order valence-electron chi connectivity index (χ4n) is 1.11. The number of nitrogens with one attached hydrogen (secondary N) is 1. The lowest BCUT2D eigenvalue weighted by Gasteiger charge is -1.83. The second kappa shape index (κ2) is 2.64. The van der Waals surface area contributed by atoms with Crippen molar-refractivity contribution < 1.29 is 9.90 Å². The molecule has 0 aliphatic carbocycles. The number of carbonyl (C=O) groups is 1. The van der Waals surface area contributed by atoms with Gasteiger partial charge >= 0.3 is 5.97 Å². The summed E-state index contributed by atoms with van der Waals surface area (Å²) in [6, 6.07) is 3.36. The molecule has 0 saturated carbocycles. The van der Waals surface area contributed by atoms with Crippen LogP contribution in [0.3, 0.4) is 0 Å². The van der Waals surface area contributed by atoms with E-state index in [1.807, 2.05) is 0 Å². The number of carboxylic acids is 1. The summed E-state index contributed by atoms with van der Waals surface area (Å²) in [5.74, 6) is 1.55. The second-order valence-electron chi connectivity index (χ2n) is 2.52. The van der Waals surface area contributed by atoms with Crippen LogP contribution in [-0.4, -0.2) is 16.1 Å². The fraction of sp³-hybridized carbons (Fsp3) is 0. The first-order chi connectivity index (χ1) is 6.20. The smallest absolute Gasteiger partial charge is 0.352 e. The van der Waals surface area contributed by atoms with Gasteiger partial charge in [-0.15, -0.1) is 17.8 Å². The molecule has 2 N–H and O–H groups in total. The number of carboxylic acid groups (broad SMARTS) is 1. The predicted octanol–water partition coefficient (Wildman–Crippen LogP) is 1.91. The highest BCUT2D eigenvalue weighted by Gasteiger charge is 2.09. The molecule has 0 aliphatic rings. The predicted molar refractivity (Wildman–Crippen MR) is 51.1 cm³/mol. The minimum absolute atomic E-state index is 0.199. The van der Waals surface area contributed by atoms with Crippen LogP contribution in [-0.2, 0) is 0 Å². The zero-order chi connectivity index (χ0) is 9.42. The zero-order valence-electron chi connectivity index (χ0n) is 6.50. The molecule has 2 aromatic heterocycles. The molecule has 3 nitrogen and oxygen atoms in total. The summed E-state index contributed by atoms with van der Waals surface area (Å²) in [5, 5.41) is 8.66. The molecule has 0 saturated heterocycles. The summed E-state index contributed by atoms with van der Waals surface area (Å²) < 4.78 is 0.880. The molecular weight excluding hydrogens is 186 g/mol. The number of hydrogen-bond acceptors (Lipinski definition) is 2. The molecule has 4 heteroatoms. The SMILES string of the molecule is C#Cc1cc2[nH]c(C(=O)O)cc2s1. The first-order valence-electron chi connectivity index (χ1n) is 3.53. The van der Waals surface area contributed by atoms with Crippen molar-refractivity contribution in [3.05, 3.63) is 22.7 Å². The van der Waals surface area contributed by atoms with Gasteiger partial charge in [0.25, 0.3) is 0 Å². The van der Waals surface area contributed by atoms with Crippen molar-refractivity contribution in [3.8, 4) is 12.3 Å². The average molecular weight is 191 g/mol. The van der Waals surface area contributed by atoms with Crippen LogP contribution in [0.5, 0.6) is 0 Å². The van der Waals surface area contributed by atoms with Crippen LogP contribution in [0.15, 0.2) is 12.1 Å². The topological polar surface area (TPSA) is 53.1 Å². The van der Waals surface area contributed by atoms with Gasteiger partial charge in [-0.3, -0.25) is 0 Å². The third-order valence-corrected chi connectivity index (χ3v) is 2.69. The molecular formula is C9H5NO2S. The molecule has 13 heavy (non-hydrogen) atoms. The highest BCUT2D eigenvalue weighted by atomic mass is 32.1. The first kappa shape index (κ1) is 7.90. The van der Waals surface area contributed by atoms with Gasteiger partial charge in [-0.25, -0.2) is 4.79 Å². The van der Waals surface area contributed by atoms with Gasteiger partial charge in [-0.1, -0.05) is 5.92 Å². The number of thiophene rings is 1. The molecule has 0 bridgehead atoms. The maximum absolute atomic E-state index is 10.6. The monoisotopic (exact) mass is 191 g/mol. The lowest BCUT2D eigenvalue weighted by molar-refractivity contribution is 0.0691. The average Bonchev–Trinajstić information content (AvgIpc) is 2.58. The molecule has 2 heterocycles. The Kier molecular flexibility index (Phi) is 1.61. The lowest BCUT2D eigenvalue weighted by Crippen LogP contribution is -1.94. The minimum Gasteiger partial charge on any atom is -0.477 e. The Hall–Kier alpha value is -1.73. The number of aromatic nitrogens is 1. The van der Waals surface area contributed by atoms with Crippen LogP contribution in [0.2, 0.25) is 0 Å². The van der Waals surface area contributed by atoms with Crippen molar-refractivity contribution in [2.45, 2.75) is 0 Å². The van der Waals surface area contributed by atoms with E-state index in [-0.39, 0.29) is 5.69 Å². The van der Waals surface area contributed by atoms with E-state index in [0.29, 0.717) is 0 Å². The molecule has 0 radical (unpaired) electrons. The summed E-state index contributed by atoms with van der Waals surface area (Å²) in [6.07, 6.45) is 5.20. The van der Waals surface area contributed by atoms with Crippen molar-refractivity contribution in [3.63, 3.8) is 0 Å². The van der Waals surface area contributed by atoms with E-state index < -0.39 is 5.97 Å². The second-order valence-corrected chi connectivity index (χ2v) is 3.60. The number of fused-ring (bicyclic) bond motifs is 1. The van der Waals surface area contributed by atoms with Gasteiger partial charge in [0.15, 0.2) is 0 Å². The van der Waals surface area contributed by atoms with Gasteiger partial charge in [0, 0.05) is 0 Å². The lowest BCUT2D eigenvalue weighted by atomic mass is 10.4. The van der Waals surface area contributed by atoms with Gasteiger partial charge < -0.3 is 10.1 Å². The minimum atomic E-state index is -0.953. The van der Waals surface area contributed by atoms with Crippen molar-refractivity contribution in [2.75, 3.05) is 0 Å². The molecule has 0 aromatic carbocycles. The Morgan fingerprint density at radius 1 is 1.62 bits per heavy atom. The highest BCUT2D eigenvalue weighted by Crippen LogP contribution is 2.25. The number of hydrogen-bond donors (Lipinski definition) is 2. The van der Waals surface area contributed by atoms with E-state index in [0.717, 1.165) is 15.1 Å². The summed E-state index contributed by atoms with van der Waals surface area (Å²) in [4.78, 5) is 14.1. The number of aromatic carboxylic acids is 1. The third-order valence-electron chi connectivity index (χ3n) is 1.68. The number of rotatable bonds is 1. The normalized spacial score (nSPS) is 10.1. The Labute approximate surface area is 78.0 Å². The molecule has 0 fully saturated rings. The number of terminal acetylenes is 1. The van der Waals surface area contributed by atoms with Crippen LogP contribution >= 0.6 is 11.3 Å². The summed E-state index contributed by atoms with van der Waals surface area (Å²) in [5.41, 5.74) is 0.986. The van der Waals surface area contributed by atoms with Crippen molar-refractivity contribution >= 4 is 27.5 Å². The fourth-order valence-corrected chi connectivity index (χ4v) is 1.98. The van der Waals surface area contributed by atoms with Crippen molar-refractivity contribution in [1.29, 1.82) is 0 Å². The largest absolute Gasteiger partial charge is 0.477 e. The Bertz CT molecular complexity index is 484. The maximum Gasteiger partial charge on any atom is 0.352 e. The van der Waals surface area contributed by atoms with Gasteiger partial charge in [0.05, 0.1) is 15.1 Å². The van der Waals surface area contributed by atoms with Crippen LogP contribution < -0.4 is 0 Å². The van der Waals surface area contributed by atoms with Crippen molar-refractivity contribution in [1.82, 2.24) is 4.98 Å². The highest BCUT2D eigenvalue weighted by molar-refractivity contribution is 7.19. The van der Waals surface area contributed by atoms with E-state index in [1.54, 1.807) is 12.1 Å². The van der Waals surface area contributed by atoms with E-state index in [4.69, 9.17) is 11.5 Å². The van der Waals surface area contributed by atoms with Crippen molar-refractivity contribution in [2.24, 2.45) is 0 Å². The van der Waals surface area contributed by atoms with Crippen LogP contribution in [0.1, 0.15) is 15.4 Å². The van der Waals surface area contributed by atoms with Gasteiger partial charge in [-0.2, -0.15) is 0 Å². The first-order valence-corrected chi connectivity index (χ1v) is 4.35. The standard InChI is InChI=1S/C9H5NO2S/c1-2-5-3-6-8(13-5)4-7(10-6)9(11)12/h1,3-4,10H,(H,11,12). The van der Waals surface area contributed by atoms with Crippen LogP contribution in [0.25, 0.3) is 10.2 Å². The van der Waals surface area contributed by atoms with E-state index in [2.05, 4.69) is 10.9 Å². The van der Waals surface area contributed by atoms with Gasteiger partial charge in [0.2, 0.25) is 0 Å². The van der Waals surface area contributed by atoms with Gasteiger partial charge in [-0.05, 0) is 12.1 Å². The molecule has 0 unspecified atom stereocenters. The van der Waals surface area contributed by atoms with E-state index in [9.17, 15) is 4.79 Å². The molecule has 2 rings (SSSR count). The Morgan fingerprint density at radius 3 is 2.92 bits per heavy atom. The maximum atomic E-state index is 10.6. The number of aromatic amines is 1. The summed E-state index contributed by atoms with van der Waals surface area (Å²) in [7, 11) is 0. The molecule has 0 spiro atoms. The van der Waals surface area contributed by atoms with E-state index in [1.165, 1.54) is 11.3 Å². The van der Waals surface area contributed by atoms with Gasteiger partial charge in [0.1, 0.15) is 5.69 Å². The molecule has 0 amide bonds. The summed E-state index contributed by atoms with van der Waals surface area (Å²) in [6.45, 7) is 0. The molecule has 64 valence electrons. The van der Waals surface area contributed by atoms with Crippen LogP contribution in [0, 0.1) is 12.3 Å². The quantitative estimate of drug-likeness (QED) is 0.676. The molecule has 0 aliphatic heterocycles. The third kappa shape index (κ3) is 1.19. The molecule has 2 aromatic rings. The number of H-pyrrole nitrogens is 1. The Balaban J connectivity index is 2.62. The van der Waals surface area contributed by atoms with Crippen LogP contribution in [0.4, 0.5) is 0 Å².